The zero-order valence-electron chi connectivity index (χ0n) is 24.6. The number of benzene rings is 2. The molecule has 222 valence electrons. The standard InChI is InChI=1S/C35H32ClN5O2S/c1-44-34-39-32-29(33(40-34)43-19-20-7-3-2-4-8-20)22-12-15-37-31(30(22)35(32)13-14-35)28-23-18-38-41(26-9-5-6-16-42-26)25(23)17-24(36)27(28)21-10-11-21/h2-4,7-8,12,15,17-18,21,26H,5-6,9-11,13-14,16,19H2,1H3. The molecule has 1 spiro atoms. The monoisotopic (exact) mass is 621 g/mol. The van der Waals surface area contributed by atoms with Gasteiger partial charge in [0.1, 0.15) is 6.61 Å². The molecule has 3 aliphatic carbocycles. The minimum atomic E-state index is -0.204. The van der Waals surface area contributed by atoms with Crippen LogP contribution in [-0.2, 0) is 16.8 Å². The van der Waals surface area contributed by atoms with Crippen molar-refractivity contribution >= 4 is 34.3 Å². The number of nitrogens with zero attached hydrogens (tertiary/aromatic N) is 5. The van der Waals surface area contributed by atoms with E-state index in [4.69, 9.17) is 41.1 Å². The van der Waals surface area contributed by atoms with E-state index in [-0.39, 0.29) is 11.6 Å². The minimum absolute atomic E-state index is 0.0741. The first-order valence-electron chi connectivity index (χ1n) is 15.6. The Labute approximate surface area is 265 Å². The highest BCUT2D eigenvalue weighted by Crippen LogP contribution is 2.66. The second-order valence-corrected chi connectivity index (χ2v) is 13.6. The van der Waals surface area contributed by atoms with E-state index in [0.29, 0.717) is 18.4 Å². The number of pyridine rings is 1. The summed E-state index contributed by atoms with van der Waals surface area (Å²) in [5.41, 5.74) is 9.67. The van der Waals surface area contributed by atoms with Crippen LogP contribution in [0, 0.1) is 0 Å². The number of hydrogen-bond donors (Lipinski definition) is 0. The van der Waals surface area contributed by atoms with Gasteiger partial charge in [-0.15, -0.1) is 0 Å². The lowest BCUT2D eigenvalue weighted by molar-refractivity contribution is -0.0366. The van der Waals surface area contributed by atoms with Gasteiger partial charge in [-0.25, -0.2) is 9.67 Å². The summed E-state index contributed by atoms with van der Waals surface area (Å²) in [6, 6.07) is 14.5. The summed E-state index contributed by atoms with van der Waals surface area (Å²) in [5, 5.41) is 7.52. The lowest BCUT2D eigenvalue weighted by Crippen LogP contribution is -2.19. The van der Waals surface area contributed by atoms with Gasteiger partial charge in [-0.3, -0.25) is 4.98 Å². The second-order valence-electron chi connectivity index (χ2n) is 12.4. The maximum atomic E-state index is 7.20. The van der Waals surface area contributed by atoms with Crippen LogP contribution >= 0.6 is 23.4 Å². The fourth-order valence-corrected chi connectivity index (χ4v) is 8.06. The summed E-state index contributed by atoms with van der Waals surface area (Å²) in [4.78, 5) is 15.2. The van der Waals surface area contributed by atoms with E-state index in [0.717, 1.165) is 106 Å². The molecule has 0 radical (unpaired) electrons. The van der Waals surface area contributed by atoms with Crippen molar-refractivity contribution in [3.05, 3.63) is 82.3 Å². The average molecular weight is 622 g/mol. The molecule has 1 unspecified atom stereocenters. The molecule has 4 heterocycles. The Morgan fingerprint density at radius 3 is 2.68 bits per heavy atom. The van der Waals surface area contributed by atoms with E-state index >= 15 is 0 Å². The van der Waals surface area contributed by atoms with Gasteiger partial charge < -0.3 is 9.47 Å². The SMILES string of the molecule is CSc1nc(OCc2ccccc2)c2c(n1)C1(CC1)c1c-2ccnc1-c1c(C2CC2)c(Cl)cc2c1cnn2C1CCCCO1. The van der Waals surface area contributed by atoms with Crippen molar-refractivity contribution in [2.24, 2.45) is 0 Å². The van der Waals surface area contributed by atoms with Crippen molar-refractivity contribution in [2.75, 3.05) is 12.9 Å². The van der Waals surface area contributed by atoms with Crippen LogP contribution in [0.4, 0.5) is 0 Å². The predicted molar refractivity (Wildman–Crippen MR) is 172 cm³/mol. The van der Waals surface area contributed by atoms with E-state index in [2.05, 4.69) is 24.3 Å². The molecular weight excluding hydrogens is 590 g/mol. The Morgan fingerprint density at radius 1 is 1.07 bits per heavy atom. The Morgan fingerprint density at radius 2 is 1.93 bits per heavy atom. The van der Waals surface area contributed by atoms with Crippen molar-refractivity contribution in [3.8, 4) is 28.3 Å². The fraction of sp³-hybridized carbons (Fsp3) is 0.371. The summed E-state index contributed by atoms with van der Waals surface area (Å²) in [6.45, 7) is 1.20. The highest BCUT2D eigenvalue weighted by Gasteiger charge is 2.57. The quantitative estimate of drug-likeness (QED) is 0.133. The number of aromatic nitrogens is 5. The molecule has 2 saturated carbocycles. The van der Waals surface area contributed by atoms with Gasteiger partial charge in [0.2, 0.25) is 5.88 Å². The van der Waals surface area contributed by atoms with Crippen LogP contribution in [0.25, 0.3) is 33.3 Å². The average Bonchev–Trinajstić information content (AvgIpc) is 3.99. The largest absolute Gasteiger partial charge is 0.472 e. The molecular formula is C35H32ClN5O2S. The van der Waals surface area contributed by atoms with Crippen molar-refractivity contribution in [1.29, 1.82) is 0 Å². The third-order valence-electron chi connectivity index (χ3n) is 9.70. The number of thioether (sulfide) groups is 1. The minimum Gasteiger partial charge on any atom is -0.472 e. The van der Waals surface area contributed by atoms with Gasteiger partial charge in [-0.2, -0.15) is 10.1 Å². The number of fused-ring (bicyclic) bond motifs is 6. The Hall–Kier alpha value is -3.46. The predicted octanol–water partition coefficient (Wildman–Crippen LogP) is 8.48. The molecule has 3 fully saturated rings. The van der Waals surface area contributed by atoms with Crippen molar-refractivity contribution < 1.29 is 9.47 Å². The summed E-state index contributed by atoms with van der Waals surface area (Å²) < 4.78 is 14.7. The smallest absolute Gasteiger partial charge is 0.226 e. The van der Waals surface area contributed by atoms with Gasteiger partial charge in [-0.05, 0) is 91.5 Å². The van der Waals surface area contributed by atoms with Crippen LogP contribution in [0.2, 0.25) is 5.02 Å². The van der Waals surface area contributed by atoms with Gasteiger partial charge in [0.05, 0.1) is 28.7 Å². The molecule has 9 rings (SSSR count). The number of halogens is 1. The topological polar surface area (TPSA) is 75.0 Å². The molecule has 5 aromatic rings. The van der Waals surface area contributed by atoms with Crippen LogP contribution < -0.4 is 4.74 Å². The molecule has 0 N–H and O–H groups in total. The van der Waals surface area contributed by atoms with E-state index in [1.807, 2.05) is 41.5 Å². The van der Waals surface area contributed by atoms with Gasteiger partial charge in [-0.1, -0.05) is 53.7 Å². The summed E-state index contributed by atoms with van der Waals surface area (Å²) in [5.74, 6) is 1.08. The molecule has 0 amide bonds. The summed E-state index contributed by atoms with van der Waals surface area (Å²) >= 11 is 8.75. The molecule has 1 aliphatic heterocycles. The highest BCUT2D eigenvalue weighted by atomic mass is 35.5. The molecule has 7 nitrogen and oxygen atoms in total. The molecule has 3 aromatic heterocycles. The van der Waals surface area contributed by atoms with Gasteiger partial charge in [0.15, 0.2) is 11.4 Å². The lowest BCUT2D eigenvalue weighted by atomic mass is 9.88. The Kier molecular flexibility index (Phi) is 6.29. The van der Waals surface area contributed by atoms with E-state index < -0.39 is 0 Å². The van der Waals surface area contributed by atoms with Crippen molar-refractivity contribution in [1.82, 2.24) is 24.7 Å². The van der Waals surface area contributed by atoms with Gasteiger partial charge >= 0.3 is 0 Å². The number of ether oxygens (including phenoxy) is 2. The molecule has 1 saturated heterocycles. The molecule has 4 aliphatic rings. The zero-order valence-corrected chi connectivity index (χ0v) is 26.1. The van der Waals surface area contributed by atoms with Crippen LogP contribution in [0.1, 0.15) is 79.5 Å². The first-order chi connectivity index (χ1) is 21.7. The number of hydrogen-bond acceptors (Lipinski definition) is 7. The summed E-state index contributed by atoms with van der Waals surface area (Å²) in [6.07, 6.45) is 13.4. The third kappa shape index (κ3) is 4.14. The van der Waals surface area contributed by atoms with Gasteiger partial charge in [0, 0.05) is 34.2 Å². The van der Waals surface area contributed by atoms with Crippen molar-refractivity contribution in [2.45, 2.75) is 74.3 Å². The van der Waals surface area contributed by atoms with E-state index in [1.54, 1.807) is 11.8 Å². The molecule has 1 atom stereocenters. The summed E-state index contributed by atoms with van der Waals surface area (Å²) in [7, 11) is 0. The molecule has 9 heteroatoms. The maximum absolute atomic E-state index is 7.20. The normalized spacial score (nSPS) is 19.7. The zero-order chi connectivity index (χ0) is 29.4. The lowest BCUT2D eigenvalue weighted by Gasteiger charge is -2.24. The van der Waals surface area contributed by atoms with Gasteiger partial charge in [0.25, 0.3) is 0 Å². The van der Waals surface area contributed by atoms with Crippen LogP contribution in [-0.4, -0.2) is 37.6 Å². The molecule has 44 heavy (non-hydrogen) atoms. The number of rotatable bonds is 7. The Balaban J connectivity index is 1.25. The Bertz CT molecular complexity index is 1930. The highest BCUT2D eigenvalue weighted by molar-refractivity contribution is 7.98. The molecule has 0 bridgehead atoms. The van der Waals surface area contributed by atoms with E-state index in [1.165, 1.54) is 11.1 Å². The van der Waals surface area contributed by atoms with Crippen LogP contribution in [0.3, 0.4) is 0 Å². The fourth-order valence-electron chi connectivity index (χ4n) is 7.35. The third-order valence-corrected chi connectivity index (χ3v) is 10.6. The van der Waals surface area contributed by atoms with Crippen LogP contribution in [0.5, 0.6) is 5.88 Å². The van der Waals surface area contributed by atoms with Crippen LogP contribution in [0.15, 0.2) is 60.0 Å². The first kappa shape index (κ1) is 26.9. The molecule has 2 aromatic carbocycles. The second kappa shape index (κ2) is 10.3. The maximum Gasteiger partial charge on any atom is 0.226 e. The van der Waals surface area contributed by atoms with Crippen molar-refractivity contribution in [3.63, 3.8) is 0 Å². The first-order valence-corrected chi connectivity index (χ1v) is 17.2. The van der Waals surface area contributed by atoms with E-state index in [9.17, 15) is 0 Å².